The number of imidazole rings is 1. The number of aryl methyl sites for hydroxylation is 1. The molecule has 0 saturated heterocycles. The van der Waals surface area contributed by atoms with E-state index in [1.807, 2.05) is 67.0 Å². The zero-order valence-corrected chi connectivity index (χ0v) is 14.2. The summed E-state index contributed by atoms with van der Waals surface area (Å²) in [6.07, 6.45) is 3.97. The first-order valence-corrected chi connectivity index (χ1v) is 7.91. The van der Waals surface area contributed by atoms with Crippen LogP contribution >= 0.6 is 0 Å². The molecular weight excluding hydrogens is 302 g/mol. The Kier molecular flexibility index (Phi) is 4.62. The van der Waals surface area contributed by atoms with Gasteiger partial charge in [-0.1, -0.05) is 18.2 Å². The Morgan fingerprint density at radius 1 is 1.21 bits per heavy atom. The van der Waals surface area contributed by atoms with Crippen molar-refractivity contribution < 1.29 is 9.53 Å². The second kappa shape index (κ2) is 6.84. The Labute approximate surface area is 141 Å². The van der Waals surface area contributed by atoms with Gasteiger partial charge in [0.25, 0.3) is 0 Å². The Balaban J connectivity index is 1.76. The van der Waals surface area contributed by atoms with E-state index in [9.17, 15) is 4.79 Å². The SMILES string of the molecule is Cc1cccn2cc(-c3ccc(C(=O)OCCN(C)C)cc3)nc12. The van der Waals surface area contributed by atoms with Gasteiger partial charge in [0.15, 0.2) is 0 Å². The summed E-state index contributed by atoms with van der Waals surface area (Å²) in [4.78, 5) is 18.6. The maximum atomic E-state index is 12.0. The molecule has 0 aliphatic carbocycles. The topological polar surface area (TPSA) is 46.8 Å². The Morgan fingerprint density at radius 3 is 2.62 bits per heavy atom. The van der Waals surface area contributed by atoms with Crippen LogP contribution in [0, 0.1) is 6.92 Å². The lowest BCUT2D eigenvalue weighted by atomic mass is 10.1. The van der Waals surface area contributed by atoms with E-state index < -0.39 is 0 Å². The van der Waals surface area contributed by atoms with E-state index >= 15 is 0 Å². The van der Waals surface area contributed by atoms with Crippen LogP contribution in [0.2, 0.25) is 0 Å². The average molecular weight is 323 g/mol. The number of esters is 1. The predicted molar refractivity (Wildman–Crippen MR) is 94.2 cm³/mol. The van der Waals surface area contributed by atoms with Crippen LogP contribution < -0.4 is 0 Å². The molecule has 0 bridgehead atoms. The number of aromatic nitrogens is 2. The third-order valence-corrected chi connectivity index (χ3v) is 3.87. The molecule has 3 aromatic rings. The minimum absolute atomic E-state index is 0.297. The lowest BCUT2D eigenvalue weighted by Gasteiger charge is -2.10. The van der Waals surface area contributed by atoms with E-state index in [2.05, 4.69) is 4.98 Å². The highest BCUT2D eigenvalue weighted by atomic mass is 16.5. The zero-order chi connectivity index (χ0) is 17.1. The van der Waals surface area contributed by atoms with Gasteiger partial charge in [0, 0.05) is 24.5 Å². The van der Waals surface area contributed by atoms with Crippen LogP contribution in [-0.4, -0.2) is 47.5 Å². The smallest absolute Gasteiger partial charge is 0.338 e. The molecule has 0 atom stereocenters. The van der Waals surface area contributed by atoms with E-state index in [0.717, 1.165) is 22.5 Å². The lowest BCUT2D eigenvalue weighted by molar-refractivity contribution is 0.0482. The standard InChI is InChI=1S/C19H21N3O2/c1-14-5-4-10-22-13-17(20-18(14)22)15-6-8-16(9-7-15)19(23)24-12-11-21(2)3/h4-10,13H,11-12H2,1-3H3. The molecule has 0 fully saturated rings. The fourth-order valence-corrected chi connectivity index (χ4v) is 2.47. The van der Waals surface area contributed by atoms with E-state index in [1.54, 1.807) is 12.1 Å². The molecule has 3 rings (SSSR count). The van der Waals surface area contributed by atoms with Gasteiger partial charge in [0.2, 0.25) is 0 Å². The quantitative estimate of drug-likeness (QED) is 0.677. The van der Waals surface area contributed by atoms with Crippen molar-refractivity contribution in [2.45, 2.75) is 6.92 Å². The van der Waals surface area contributed by atoms with Crippen molar-refractivity contribution in [3.05, 3.63) is 59.9 Å². The first kappa shape index (κ1) is 16.2. The predicted octanol–water partition coefficient (Wildman–Crippen LogP) is 3.03. The van der Waals surface area contributed by atoms with Crippen LogP contribution in [0.25, 0.3) is 16.9 Å². The number of hydrogen-bond donors (Lipinski definition) is 0. The first-order valence-electron chi connectivity index (χ1n) is 7.91. The summed E-state index contributed by atoms with van der Waals surface area (Å²) in [6.45, 7) is 3.14. The van der Waals surface area contributed by atoms with Crippen LogP contribution in [-0.2, 0) is 4.74 Å². The molecule has 0 aliphatic heterocycles. The van der Waals surface area contributed by atoms with Gasteiger partial charge in [-0.15, -0.1) is 0 Å². The zero-order valence-electron chi connectivity index (χ0n) is 14.2. The summed E-state index contributed by atoms with van der Waals surface area (Å²) in [5.41, 5.74) is 4.49. The number of pyridine rings is 1. The molecule has 0 N–H and O–H groups in total. The van der Waals surface area contributed by atoms with Crippen molar-refractivity contribution in [1.82, 2.24) is 14.3 Å². The maximum Gasteiger partial charge on any atom is 0.338 e. The minimum atomic E-state index is -0.297. The molecule has 0 aliphatic rings. The number of fused-ring (bicyclic) bond motifs is 1. The van der Waals surface area contributed by atoms with Crippen molar-refractivity contribution in [2.75, 3.05) is 27.2 Å². The number of rotatable bonds is 5. The Hall–Kier alpha value is -2.66. The molecule has 124 valence electrons. The fourth-order valence-electron chi connectivity index (χ4n) is 2.47. The van der Waals surface area contributed by atoms with Crippen molar-refractivity contribution in [3.8, 4) is 11.3 Å². The van der Waals surface area contributed by atoms with Crippen LogP contribution in [0.3, 0.4) is 0 Å². The van der Waals surface area contributed by atoms with Gasteiger partial charge in [-0.3, -0.25) is 0 Å². The number of likely N-dealkylation sites (N-methyl/N-ethyl adjacent to an activating group) is 1. The fraction of sp³-hybridized carbons (Fsp3) is 0.263. The molecule has 0 unspecified atom stereocenters. The number of ether oxygens (including phenoxy) is 1. The highest BCUT2D eigenvalue weighted by molar-refractivity contribution is 5.90. The van der Waals surface area contributed by atoms with Crippen LogP contribution in [0.1, 0.15) is 15.9 Å². The van der Waals surface area contributed by atoms with Crippen molar-refractivity contribution in [1.29, 1.82) is 0 Å². The molecule has 5 nitrogen and oxygen atoms in total. The second-order valence-corrected chi connectivity index (χ2v) is 6.06. The first-order chi connectivity index (χ1) is 11.5. The summed E-state index contributed by atoms with van der Waals surface area (Å²) < 4.78 is 7.26. The number of hydrogen-bond acceptors (Lipinski definition) is 4. The normalized spacial score (nSPS) is 11.2. The van der Waals surface area contributed by atoms with Gasteiger partial charge in [-0.2, -0.15) is 0 Å². The molecule has 0 amide bonds. The largest absolute Gasteiger partial charge is 0.461 e. The minimum Gasteiger partial charge on any atom is -0.461 e. The van der Waals surface area contributed by atoms with E-state index in [0.29, 0.717) is 18.7 Å². The summed E-state index contributed by atoms with van der Waals surface area (Å²) in [7, 11) is 3.89. The number of carbonyl (C=O) groups excluding carboxylic acids is 1. The lowest BCUT2D eigenvalue weighted by Crippen LogP contribution is -2.20. The van der Waals surface area contributed by atoms with Crippen molar-refractivity contribution >= 4 is 11.6 Å². The molecule has 5 heteroatoms. The number of carbonyl (C=O) groups is 1. The van der Waals surface area contributed by atoms with Gasteiger partial charge < -0.3 is 14.0 Å². The molecular formula is C19H21N3O2. The molecule has 1 aromatic carbocycles. The molecule has 0 saturated carbocycles. The summed E-state index contributed by atoms with van der Waals surface area (Å²) in [5.74, 6) is -0.297. The highest BCUT2D eigenvalue weighted by Crippen LogP contribution is 2.21. The van der Waals surface area contributed by atoms with Crippen LogP contribution in [0.5, 0.6) is 0 Å². The van der Waals surface area contributed by atoms with Gasteiger partial charge in [-0.05, 0) is 44.8 Å². The second-order valence-electron chi connectivity index (χ2n) is 6.06. The average Bonchev–Trinajstić information content (AvgIpc) is 3.00. The molecule has 0 spiro atoms. The van der Waals surface area contributed by atoms with Crippen molar-refractivity contribution in [2.24, 2.45) is 0 Å². The monoisotopic (exact) mass is 323 g/mol. The maximum absolute atomic E-state index is 12.0. The van der Waals surface area contributed by atoms with Gasteiger partial charge in [0.05, 0.1) is 11.3 Å². The van der Waals surface area contributed by atoms with E-state index in [-0.39, 0.29) is 5.97 Å². The summed E-state index contributed by atoms with van der Waals surface area (Å²) in [5, 5.41) is 0. The molecule has 2 heterocycles. The summed E-state index contributed by atoms with van der Waals surface area (Å²) >= 11 is 0. The van der Waals surface area contributed by atoms with Crippen LogP contribution in [0.4, 0.5) is 0 Å². The molecule has 24 heavy (non-hydrogen) atoms. The molecule has 0 radical (unpaired) electrons. The van der Waals surface area contributed by atoms with Gasteiger partial charge in [-0.25, -0.2) is 9.78 Å². The number of nitrogens with zero attached hydrogens (tertiary/aromatic N) is 3. The van der Waals surface area contributed by atoms with Gasteiger partial charge >= 0.3 is 5.97 Å². The Morgan fingerprint density at radius 2 is 1.96 bits per heavy atom. The van der Waals surface area contributed by atoms with Crippen molar-refractivity contribution in [3.63, 3.8) is 0 Å². The number of benzene rings is 1. The third kappa shape index (κ3) is 3.46. The highest BCUT2D eigenvalue weighted by Gasteiger charge is 2.10. The third-order valence-electron chi connectivity index (χ3n) is 3.87. The van der Waals surface area contributed by atoms with E-state index in [1.165, 1.54) is 0 Å². The van der Waals surface area contributed by atoms with Crippen LogP contribution in [0.15, 0.2) is 48.8 Å². The summed E-state index contributed by atoms with van der Waals surface area (Å²) in [6, 6.07) is 11.4. The molecule has 2 aromatic heterocycles. The van der Waals surface area contributed by atoms with E-state index in [4.69, 9.17) is 4.74 Å². The van der Waals surface area contributed by atoms with Gasteiger partial charge in [0.1, 0.15) is 12.3 Å². The Bertz CT molecular complexity index is 851.